The highest BCUT2D eigenvalue weighted by atomic mass is 16.2. The summed E-state index contributed by atoms with van der Waals surface area (Å²) in [4.78, 5) is 32.0. The van der Waals surface area contributed by atoms with E-state index in [0.29, 0.717) is 18.1 Å². The van der Waals surface area contributed by atoms with Gasteiger partial charge in [-0.1, -0.05) is 19.3 Å². The van der Waals surface area contributed by atoms with E-state index >= 15 is 0 Å². The highest BCUT2D eigenvalue weighted by Gasteiger charge is 2.24. The number of fused-ring (bicyclic) bond motifs is 1. The Kier molecular flexibility index (Phi) is 5.20. The fraction of sp³-hybridized carbons (Fsp3) is 0.722. The Hall–Kier alpha value is -2.29. The molecule has 1 N–H and O–H groups in total. The van der Waals surface area contributed by atoms with E-state index in [9.17, 15) is 9.59 Å². The molecule has 146 valence electrons. The summed E-state index contributed by atoms with van der Waals surface area (Å²) in [5.41, 5.74) is -0.240. The number of nitrogens with one attached hydrogen (secondary N) is 1. The van der Waals surface area contributed by atoms with Crippen LogP contribution in [0.25, 0.3) is 11.2 Å². The molecule has 27 heavy (non-hydrogen) atoms. The summed E-state index contributed by atoms with van der Waals surface area (Å²) in [6.45, 7) is 3.89. The second-order valence-corrected chi connectivity index (χ2v) is 7.59. The van der Waals surface area contributed by atoms with E-state index in [-0.39, 0.29) is 17.2 Å². The fourth-order valence-corrected chi connectivity index (χ4v) is 4.20. The standard InChI is InChI=1S/C18H27N7O2/c1-23-16(26)14-15(25(18(23)27)13-7-3-4-8-13)21-22-17(20-14)19-9-12-24-10-5-2-6-11-24/h13H,2-12H2,1H3,(H,19,20,22). The van der Waals surface area contributed by atoms with E-state index in [1.807, 2.05) is 0 Å². The highest BCUT2D eigenvalue weighted by Crippen LogP contribution is 2.29. The van der Waals surface area contributed by atoms with Gasteiger partial charge < -0.3 is 10.2 Å². The van der Waals surface area contributed by atoms with Gasteiger partial charge in [0.1, 0.15) is 0 Å². The van der Waals surface area contributed by atoms with Crippen molar-refractivity contribution >= 4 is 17.1 Å². The second-order valence-electron chi connectivity index (χ2n) is 7.59. The Morgan fingerprint density at radius 3 is 2.52 bits per heavy atom. The van der Waals surface area contributed by atoms with Gasteiger partial charge in [0.15, 0.2) is 11.2 Å². The summed E-state index contributed by atoms with van der Waals surface area (Å²) in [6.07, 6.45) is 7.82. The molecule has 9 nitrogen and oxygen atoms in total. The number of hydrogen-bond donors (Lipinski definition) is 1. The van der Waals surface area contributed by atoms with Crippen molar-refractivity contribution in [3.63, 3.8) is 0 Å². The number of likely N-dealkylation sites (tertiary alicyclic amines) is 1. The van der Waals surface area contributed by atoms with Crippen LogP contribution in [0.4, 0.5) is 5.95 Å². The molecule has 2 aromatic rings. The molecule has 2 aromatic heterocycles. The summed E-state index contributed by atoms with van der Waals surface area (Å²) in [7, 11) is 1.50. The summed E-state index contributed by atoms with van der Waals surface area (Å²) in [5.74, 6) is 0.341. The van der Waals surface area contributed by atoms with Gasteiger partial charge in [-0.05, 0) is 38.8 Å². The molecule has 0 amide bonds. The van der Waals surface area contributed by atoms with Gasteiger partial charge in [0.05, 0.1) is 0 Å². The molecule has 0 radical (unpaired) electrons. The molecule has 2 aliphatic rings. The van der Waals surface area contributed by atoms with Gasteiger partial charge in [0.25, 0.3) is 5.56 Å². The summed E-state index contributed by atoms with van der Waals surface area (Å²) >= 11 is 0. The molecule has 1 saturated heterocycles. The summed E-state index contributed by atoms with van der Waals surface area (Å²) in [6, 6.07) is 0.0702. The third-order valence-electron chi connectivity index (χ3n) is 5.75. The number of hydrogen-bond acceptors (Lipinski definition) is 7. The number of nitrogens with zero attached hydrogens (tertiary/aromatic N) is 6. The highest BCUT2D eigenvalue weighted by molar-refractivity contribution is 5.69. The number of aromatic nitrogens is 5. The van der Waals surface area contributed by atoms with Crippen LogP contribution in [0.2, 0.25) is 0 Å². The Morgan fingerprint density at radius 1 is 1.04 bits per heavy atom. The topological polar surface area (TPSA) is 97.9 Å². The molecule has 0 aromatic carbocycles. The first-order valence-electron chi connectivity index (χ1n) is 9.97. The van der Waals surface area contributed by atoms with Gasteiger partial charge in [-0.3, -0.25) is 13.9 Å². The lowest BCUT2D eigenvalue weighted by Gasteiger charge is -2.26. The maximum absolute atomic E-state index is 12.6. The fourth-order valence-electron chi connectivity index (χ4n) is 4.20. The van der Waals surface area contributed by atoms with E-state index in [1.165, 1.54) is 26.3 Å². The molecule has 0 unspecified atom stereocenters. The third-order valence-corrected chi connectivity index (χ3v) is 5.75. The summed E-state index contributed by atoms with van der Waals surface area (Å²) in [5, 5.41) is 11.5. The molecular weight excluding hydrogens is 346 g/mol. The normalized spacial score (nSPS) is 19.0. The average molecular weight is 373 g/mol. The Labute approximate surface area is 157 Å². The van der Waals surface area contributed by atoms with Gasteiger partial charge in [0.2, 0.25) is 5.95 Å². The van der Waals surface area contributed by atoms with Crippen molar-refractivity contribution < 1.29 is 0 Å². The molecule has 4 rings (SSSR count). The first-order chi connectivity index (χ1) is 13.1. The maximum Gasteiger partial charge on any atom is 0.332 e. The predicted molar refractivity (Wildman–Crippen MR) is 103 cm³/mol. The Morgan fingerprint density at radius 2 is 1.78 bits per heavy atom. The van der Waals surface area contributed by atoms with Crippen molar-refractivity contribution in [3.05, 3.63) is 20.8 Å². The van der Waals surface area contributed by atoms with Crippen LogP contribution < -0.4 is 16.6 Å². The zero-order chi connectivity index (χ0) is 18.8. The molecule has 0 bridgehead atoms. The van der Waals surface area contributed by atoms with Crippen LogP contribution in [0.5, 0.6) is 0 Å². The van der Waals surface area contributed by atoms with Crippen molar-refractivity contribution in [1.82, 2.24) is 29.2 Å². The third kappa shape index (κ3) is 3.60. The zero-order valence-corrected chi connectivity index (χ0v) is 15.9. The largest absolute Gasteiger partial charge is 0.352 e. The van der Waals surface area contributed by atoms with Crippen LogP contribution in [-0.4, -0.2) is 55.4 Å². The Bertz CT molecular complexity index is 924. The van der Waals surface area contributed by atoms with Crippen LogP contribution in [0, 0.1) is 0 Å². The van der Waals surface area contributed by atoms with Gasteiger partial charge in [-0.15, -0.1) is 10.2 Å². The second kappa shape index (κ2) is 7.75. The monoisotopic (exact) mass is 373 g/mol. The summed E-state index contributed by atoms with van der Waals surface area (Å²) < 4.78 is 2.74. The first-order valence-corrected chi connectivity index (χ1v) is 9.97. The molecular formula is C18H27N7O2. The van der Waals surface area contributed by atoms with Crippen LogP contribution in [0.1, 0.15) is 51.0 Å². The zero-order valence-electron chi connectivity index (χ0n) is 15.9. The van der Waals surface area contributed by atoms with E-state index < -0.39 is 5.56 Å². The van der Waals surface area contributed by atoms with E-state index in [1.54, 1.807) is 4.57 Å². The maximum atomic E-state index is 12.6. The lowest BCUT2D eigenvalue weighted by molar-refractivity contribution is 0.237. The lowest BCUT2D eigenvalue weighted by atomic mass is 10.1. The molecule has 2 fully saturated rings. The number of rotatable bonds is 5. The van der Waals surface area contributed by atoms with Crippen molar-refractivity contribution in [2.75, 3.05) is 31.5 Å². The van der Waals surface area contributed by atoms with E-state index in [2.05, 4.69) is 25.4 Å². The van der Waals surface area contributed by atoms with Crippen LogP contribution in [0.3, 0.4) is 0 Å². The van der Waals surface area contributed by atoms with E-state index in [0.717, 1.165) is 49.9 Å². The van der Waals surface area contributed by atoms with Gasteiger partial charge in [0, 0.05) is 26.2 Å². The van der Waals surface area contributed by atoms with Crippen LogP contribution >= 0.6 is 0 Å². The first kappa shape index (κ1) is 18.1. The minimum absolute atomic E-state index is 0.0702. The molecule has 1 aliphatic carbocycles. The quantitative estimate of drug-likeness (QED) is 0.831. The van der Waals surface area contributed by atoms with Gasteiger partial charge in [-0.25, -0.2) is 9.78 Å². The van der Waals surface area contributed by atoms with Crippen LogP contribution in [0.15, 0.2) is 9.59 Å². The van der Waals surface area contributed by atoms with Crippen LogP contribution in [-0.2, 0) is 7.05 Å². The number of anilines is 1. The Balaban J connectivity index is 1.59. The molecule has 1 aliphatic heterocycles. The molecule has 9 heteroatoms. The van der Waals surface area contributed by atoms with Gasteiger partial charge in [-0.2, -0.15) is 0 Å². The van der Waals surface area contributed by atoms with Crippen molar-refractivity contribution in [2.24, 2.45) is 7.05 Å². The molecule has 3 heterocycles. The molecule has 0 spiro atoms. The average Bonchev–Trinajstić information content (AvgIpc) is 3.22. The van der Waals surface area contributed by atoms with Crippen molar-refractivity contribution in [3.8, 4) is 0 Å². The number of piperidine rings is 1. The molecule has 1 saturated carbocycles. The van der Waals surface area contributed by atoms with Gasteiger partial charge >= 0.3 is 5.69 Å². The van der Waals surface area contributed by atoms with Crippen molar-refractivity contribution in [2.45, 2.75) is 51.0 Å². The van der Waals surface area contributed by atoms with Crippen molar-refractivity contribution in [1.29, 1.82) is 0 Å². The molecule has 0 atom stereocenters. The predicted octanol–water partition coefficient (Wildman–Crippen LogP) is 0.898. The minimum Gasteiger partial charge on any atom is -0.352 e. The smallest absolute Gasteiger partial charge is 0.332 e. The SMILES string of the molecule is Cn1c(=O)c2nc(NCCN3CCCCC3)nnc2n(C2CCCC2)c1=O. The van der Waals surface area contributed by atoms with E-state index in [4.69, 9.17) is 0 Å². The minimum atomic E-state index is -0.418. The lowest BCUT2D eigenvalue weighted by Crippen LogP contribution is -2.40.